The molecule has 144 valence electrons. The minimum Gasteiger partial charge on any atom is -0.353 e. The molecule has 0 heterocycles. The second kappa shape index (κ2) is 11.0. The van der Waals surface area contributed by atoms with Gasteiger partial charge in [0.15, 0.2) is 0 Å². The molecule has 0 aromatic heterocycles. The molecule has 2 unspecified atom stereocenters. The van der Waals surface area contributed by atoms with Crippen LogP contribution < -0.4 is 10.6 Å². The SMILES string of the molecule is O=C(NC1CCCCC1)C(CBr)C(C(=O)NC1CCCCC1)C(Cl)Cl. The Kier molecular flexibility index (Phi) is 9.36. The quantitative estimate of drug-likeness (QED) is 0.561. The molecule has 2 amide bonds. The van der Waals surface area contributed by atoms with Crippen LogP contribution in [-0.2, 0) is 9.59 Å². The molecule has 2 fully saturated rings. The van der Waals surface area contributed by atoms with Crippen molar-refractivity contribution < 1.29 is 9.59 Å². The van der Waals surface area contributed by atoms with E-state index in [-0.39, 0.29) is 23.9 Å². The Bertz CT molecular complexity index is 439. The predicted molar refractivity (Wildman–Crippen MR) is 106 cm³/mol. The van der Waals surface area contributed by atoms with Crippen LogP contribution in [0.2, 0.25) is 0 Å². The zero-order valence-corrected chi connectivity index (χ0v) is 17.7. The van der Waals surface area contributed by atoms with E-state index in [1.54, 1.807) is 0 Å². The number of hydrogen-bond donors (Lipinski definition) is 2. The average Bonchev–Trinajstić information content (AvgIpc) is 2.60. The van der Waals surface area contributed by atoms with Crippen LogP contribution in [0.3, 0.4) is 0 Å². The topological polar surface area (TPSA) is 58.2 Å². The molecule has 0 aromatic carbocycles. The van der Waals surface area contributed by atoms with E-state index in [4.69, 9.17) is 23.2 Å². The smallest absolute Gasteiger partial charge is 0.226 e. The van der Waals surface area contributed by atoms with Gasteiger partial charge in [-0.1, -0.05) is 54.5 Å². The highest BCUT2D eigenvalue weighted by Crippen LogP contribution is 2.28. The summed E-state index contributed by atoms with van der Waals surface area (Å²) in [6.07, 6.45) is 11.0. The molecule has 2 saturated carbocycles. The van der Waals surface area contributed by atoms with E-state index in [0.717, 1.165) is 51.4 Å². The number of rotatable bonds is 7. The second-order valence-corrected chi connectivity index (χ2v) is 9.12. The Morgan fingerprint density at radius 3 is 1.68 bits per heavy atom. The molecule has 4 nitrogen and oxygen atoms in total. The summed E-state index contributed by atoms with van der Waals surface area (Å²) < 4.78 is 0. The van der Waals surface area contributed by atoms with Crippen LogP contribution in [0.1, 0.15) is 64.2 Å². The molecule has 2 aliphatic carbocycles. The van der Waals surface area contributed by atoms with Crippen molar-refractivity contribution in [3.05, 3.63) is 0 Å². The van der Waals surface area contributed by atoms with Crippen LogP contribution in [0.4, 0.5) is 0 Å². The van der Waals surface area contributed by atoms with Crippen molar-refractivity contribution in [2.75, 3.05) is 5.33 Å². The Morgan fingerprint density at radius 2 is 1.28 bits per heavy atom. The Morgan fingerprint density at radius 1 is 0.840 bits per heavy atom. The summed E-state index contributed by atoms with van der Waals surface area (Å²) in [4.78, 5) is 24.6. The van der Waals surface area contributed by atoms with Crippen LogP contribution in [0.25, 0.3) is 0 Å². The van der Waals surface area contributed by atoms with Crippen LogP contribution in [0.15, 0.2) is 0 Å². The van der Waals surface area contributed by atoms with Gasteiger partial charge in [0.25, 0.3) is 0 Å². The summed E-state index contributed by atoms with van der Waals surface area (Å²) in [7, 11) is 0. The maximum atomic E-state index is 12.8. The van der Waals surface area contributed by atoms with E-state index in [0.29, 0.717) is 5.33 Å². The van der Waals surface area contributed by atoms with Crippen molar-refractivity contribution in [2.45, 2.75) is 81.1 Å². The second-order valence-electron chi connectivity index (χ2n) is 7.31. The number of alkyl halides is 3. The predicted octanol–water partition coefficient (Wildman–Crippen LogP) is 4.32. The molecule has 7 heteroatoms. The van der Waals surface area contributed by atoms with E-state index in [1.165, 1.54) is 12.8 Å². The fraction of sp³-hybridized carbons (Fsp3) is 0.889. The molecule has 25 heavy (non-hydrogen) atoms. The molecule has 2 atom stereocenters. The number of carbonyl (C=O) groups excluding carboxylic acids is 2. The largest absolute Gasteiger partial charge is 0.353 e. The number of amides is 2. The summed E-state index contributed by atoms with van der Waals surface area (Å²) >= 11 is 15.6. The fourth-order valence-electron chi connectivity index (χ4n) is 3.90. The van der Waals surface area contributed by atoms with Gasteiger partial charge in [-0.15, -0.1) is 23.2 Å². The minimum atomic E-state index is -0.914. The third kappa shape index (κ3) is 6.59. The van der Waals surface area contributed by atoms with E-state index in [2.05, 4.69) is 26.6 Å². The van der Waals surface area contributed by atoms with Crippen molar-refractivity contribution in [2.24, 2.45) is 11.8 Å². The summed E-state index contributed by atoms with van der Waals surface area (Å²) in [5.74, 6) is -1.64. The summed E-state index contributed by atoms with van der Waals surface area (Å²) in [5, 5.41) is 6.53. The van der Waals surface area contributed by atoms with Crippen molar-refractivity contribution in [1.29, 1.82) is 0 Å². The van der Waals surface area contributed by atoms with E-state index in [1.807, 2.05) is 0 Å². The van der Waals surface area contributed by atoms with Gasteiger partial charge in [0.05, 0.1) is 11.8 Å². The average molecular weight is 456 g/mol. The number of hydrogen-bond acceptors (Lipinski definition) is 2. The maximum absolute atomic E-state index is 12.8. The molecule has 0 spiro atoms. The highest BCUT2D eigenvalue weighted by atomic mass is 79.9. The fourth-order valence-corrected chi connectivity index (χ4v) is 5.18. The molecular weight excluding hydrogens is 427 g/mol. The van der Waals surface area contributed by atoms with Gasteiger partial charge in [0.1, 0.15) is 4.84 Å². The lowest BCUT2D eigenvalue weighted by atomic mass is 9.90. The highest BCUT2D eigenvalue weighted by Gasteiger charge is 2.39. The summed E-state index contributed by atoms with van der Waals surface area (Å²) in [5.41, 5.74) is 0. The van der Waals surface area contributed by atoms with E-state index < -0.39 is 16.7 Å². The van der Waals surface area contributed by atoms with Crippen LogP contribution in [-0.4, -0.2) is 34.1 Å². The van der Waals surface area contributed by atoms with Gasteiger partial charge in [-0.25, -0.2) is 0 Å². The van der Waals surface area contributed by atoms with E-state index in [9.17, 15) is 9.59 Å². The molecule has 0 saturated heterocycles. The molecule has 2 aliphatic rings. The van der Waals surface area contributed by atoms with Gasteiger partial charge in [-0.05, 0) is 25.7 Å². The molecule has 0 aromatic rings. The monoisotopic (exact) mass is 454 g/mol. The lowest BCUT2D eigenvalue weighted by molar-refractivity contribution is -0.134. The Hall–Kier alpha value is -0.000000000000000111. The minimum absolute atomic E-state index is 0.126. The van der Waals surface area contributed by atoms with Crippen LogP contribution >= 0.6 is 39.1 Å². The summed E-state index contributed by atoms with van der Waals surface area (Å²) in [6.45, 7) is 0. The number of halogens is 3. The van der Waals surface area contributed by atoms with Crippen LogP contribution in [0.5, 0.6) is 0 Å². The van der Waals surface area contributed by atoms with Gasteiger partial charge >= 0.3 is 0 Å². The van der Waals surface area contributed by atoms with E-state index >= 15 is 0 Å². The van der Waals surface area contributed by atoms with Gasteiger partial charge < -0.3 is 10.6 Å². The molecule has 2 N–H and O–H groups in total. The first-order valence-corrected chi connectivity index (χ1v) is 11.5. The normalized spacial score (nSPS) is 22.4. The van der Waals surface area contributed by atoms with Gasteiger partial charge in [0.2, 0.25) is 11.8 Å². The molecular formula is C18H29BrCl2N2O2. The van der Waals surface area contributed by atoms with Crippen LogP contribution in [0, 0.1) is 11.8 Å². The first-order valence-electron chi connectivity index (χ1n) is 9.47. The standard InChI is InChI=1S/C18H29BrCl2N2O2/c19-11-14(17(24)22-12-7-3-1-4-8-12)15(16(20)21)18(25)23-13-9-5-2-6-10-13/h12-16H,1-11H2,(H,22,24)(H,23,25). The lowest BCUT2D eigenvalue weighted by Gasteiger charge is -2.31. The van der Waals surface area contributed by atoms with Crippen molar-refractivity contribution in [1.82, 2.24) is 10.6 Å². The highest BCUT2D eigenvalue weighted by molar-refractivity contribution is 9.09. The zero-order valence-electron chi connectivity index (χ0n) is 14.6. The van der Waals surface area contributed by atoms with Crippen molar-refractivity contribution in [3.63, 3.8) is 0 Å². The zero-order chi connectivity index (χ0) is 18.2. The van der Waals surface area contributed by atoms with Gasteiger partial charge in [0, 0.05) is 17.4 Å². The van der Waals surface area contributed by atoms with Crippen molar-refractivity contribution >= 4 is 50.9 Å². The Labute approximate surface area is 169 Å². The molecule has 0 bridgehead atoms. The molecule has 0 radical (unpaired) electrons. The maximum Gasteiger partial charge on any atom is 0.226 e. The van der Waals surface area contributed by atoms with Gasteiger partial charge in [-0.3, -0.25) is 9.59 Å². The Balaban J connectivity index is 1.98. The molecule has 0 aliphatic heterocycles. The third-order valence-corrected chi connectivity index (χ3v) is 6.65. The van der Waals surface area contributed by atoms with Crippen molar-refractivity contribution in [3.8, 4) is 0 Å². The third-order valence-electron chi connectivity index (χ3n) is 5.41. The summed E-state index contributed by atoms with van der Waals surface area (Å²) in [6, 6.07) is 0.377. The first kappa shape index (κ1) is 21.3. The lowest BCUT2D eigenvalue weighted by Crippen LogP contribution is -2.50. The molecule has 2 rings (SSSR count). The number of carbonyl (C=O) groups is 2. The number of nitrogens with one attached hydrogen (secondary N) is 2. The van der Waals surface area contributed by atoms with Gasteiger partial charge in [-0.2, -0.15) is 0 Å². The first-order chi connectivity index (χ1) is 12.0.